The van der Waals surface area contributed by atoms with Crippen LogP contribution in [0.1, 0.15) is 34.8 Å². The first-order valence-electron chi connectivity index (χ1n) is 8.32. The molecule has 4 rings (SSSR count). The van der Waals surface area contributed by atoms with Crippen molar-refractivity contribution in [3.63, 3.8) is 0 Å². The van der Waals surface area contributed by atoms with E-state index in [1.807, 2.05) is 6.07 Å². The van der Waals surface area contributed by atoms with Crippen LogP contribution < -0.4 is 5.32 Å². The fraction of sp³-hybridized carbons (Fsp3) is 0.263. The largest absolute Gasteiger partial charge is 0.376 e. The van der Waals surface area contributed by atoms with Gasteiger partial charge in [-0.2, -0.15) is 0 Å². The molecule has 1 saturated heterocycles. The molecule has 6 heteroatoms. The van der Waals surface area contributed by atoms with Gasteiger partial charge in [0.05, 0.1) is 17.7 Å². The van der Waals surface area contributed by atoms with Crippen molar-refractivity contribution >= 4 is 16.9 Å². The molecule has 1 fully saturated rings. The standard InChI is InChI=1S/C19H18FN3O2/c20-13-7-5-12(6-8-13)17(16-4-2-10-25-16)23-19(24)15-11-22-18-14(15)3-1-9-21-18/h1,3,5-9,11,16-17H,2,4,10H2,(H,21,22)(H,23,24). The van der Waals surface area contributed by atoms with Gasteiger partial charge >= 0.3 is 0 Å². The van der Waals surface area contributed by atoms with Crippen LogP contribution in [-0.4, -0.2) is 28.6 Å². The Labute approximate surface area is 144 Å². The molecule has 5 nitrogen and oxygen atoms in total. The Balaban J connectivity index is 1.63. The highest BCUT2D eigenvalue weighted by molar-refractivity contribution is 6.06. The van der Waals surface area contributed by atoms with E-state index in [-0.39, 0.29) is 23.9 Å². The Morgan fingerprint density at radius 2 is 2.16 bits per heavy atom. The van der Waals surface area contributed by atoms with Gasteiger partial charge < -0.3 is 15.0 Å². The number of H-pyrrole nitrogens is 1. The summed E-state index contributed by atoms with van der Waals surface area (Å²) in [7, 11) is 0. The van der Waals surface area contributed by atoms with Gasteiger partial charge in [-0.15, -0.1) is 0 Å². The summed E-state index contributed by atoms with van der Waals surface area (Å²) in [6, 6.07) is 9.52. The van der Waals surface area contributed by atoms with E-state index < -0.39 is 0 Å². The summed E-state index contributed by atoms with van der Waals surface area (Å²) in [5, 5.41) is 3.82. The van der Waals surface area contributed by atoms with Crippen molar-refractivity contribution in [3.05, 3.63) is 65.7 Å². The van der Waals surface area contributed by atoms with Crippen LogP contribution >= 0.6 is 0 Å². The summed E-state index contributed by atoms with van der Waals surface area (Å²) in [4.78, 5) is 20.1. The Morgan fingerprint density at radius 1 is 1.32 bits per heavy atom. The number of carbonyl (C=O) groups is 1. The van der Waals surface area contributed by atoms with Crippen molar-refractivity contribution in [3.8, 4) is 0 Å². The number of amides is 1. The molecule has 2 unspecified atom stereocenters. The molecule has 3 heterocycles. The molecule has 1 aliphatic rings. The number of fused-ring (bicyclic) bond motifs is 1. The summed E-state index contributed by atoms with van der Waals surface area (Å²) in [6.45, 7) is 0.676. The van der Waals surface area contributed by atoms with E-state index in [1.54, 1.807) is 30.6 Å². The van der Waals surface area contributed by atoms with Crippen molar-refractivity contribution in [2.24, 2.45) is 0 Å². The third-order valence-electron chi connectivity index (χ3n) is 4.55. The minimum Gasteiger partial charge on any atom is -0.376 e. The van der Waals surface area contributed by atoms with Gasteiger partial charge in [-0.05, 0) is 42.7 Å². The molecule has 1 aromatic carbocycles. The highest BCUT2D eigenvalue weighted by Gasteiger charge is 2.29. The number of carbonyl (C=O) groups excluding carboxylic acids is 1. The van der Waals surface area contributed by atoms with Crippen LogP contribution in [0.3, 0.4) is 0 Å². The smallest absolute Gasteiger partial charge is 0.254 e. The lowest BCUT2D eigenvalue weighted by molar-refractivity contribution is 0.0673. The van der Waals surface area contributed by atoms with Gasteiger partial charge in [0.2, 0.25) is 0 Å². The molecule has 2 N–H and O–H groups in total. The molecule has 0 aliphatic carbocycles. The van der Waals surface area contributed by atoms with Crippen molar-refractivity contribution in [2.75, 3.05) is 6.61 Å². The fourth-order valence-electron chi connectivity index (χ4n) is 3.29. The second-order valence-corrected chi connectivity index (χ2v) is 6.16. The summed E-state index contributed by atoms with van der Waals surface area (Å²) >= 11 is 0. The number of hydrogen-bond acceptors (Lipinski definition) is 3. The zero-order valence-electron chi connectivity index (χ0n) is 13.5. The number of rotatable bonds is 4. The van der Waals surface area contributed by atoms with Crippen LogP contribution in [-0.2, 0) is 4.74 Å². The molecular weight excluding hydrogens is 321 g/mol. The lowest BCUT2D eigenvalue weighted by Gasteiger charge is -2.24. The maximum atomic E-state index is 13.3. The molecule has 0 spiro atoms. The molecule has 1 aliphatic heterocycles. The third kappa shape index (κ3) is 3.13. The van der Waals surface area contributed by atoms with Crippen molar-refractivity contribution in [1.82, 2.24) is 15.3 Å². The Bertz CT molecular complexity index is 885. The molecule has 128 valence electrons. The molecule has 3 aromatic rings. The summed E-state index contributed by atoms with van der Waals surface area (Å²) in [6.07, 6.45) is 5.03. The second kappa shape index (κ2) is 6.64. The van der Waals surface area contributed by atoms with Crippen LogP contribution in [0.4, 0.5) is 4.39 Å². The molecule has 0 saturated carbocycles. The first-order valence-corrected chi connectivity index (χ1v) is 8.32. The minimum absolute atomic E-state index is 0.113. The van der Waals surface area contributed by atoms with Crippen molar-refractivity contribution < 1.29 is 13.9 Å². The number of ether oxygens (including phenoxy) is 1. The molecule has 2 atom stereocenters. The van der Waals surface area contributed by atoms with Crippen molar-refractivity contribution in [2.45, 2.75) is 25.0 Å². The van der Waals surface area contributed by atoms with Gasteiger partial charge in [-0.1, -0.05) is 12.1 Å². The quantitative estimate of drug-likeness (QED) is 0.766. The molecule has 0 bridgehead atoms. The predicted octanol–water partition coefficient (Wildman–Crippen LogP) is 3.35. The van der Waals surface area contributed by atoms with E-state index in [2.05, 4.69) is 15.3 Å². The fourth-order valence-corrected chi connectivity index (χ4v) is 3.29. The second-order valence-electron chi connectivity index (χ2n) is 6.16. The molecule has 25 heavy (non-hydrogen) atoms. The Kier molecular flexibility index (Phi) is 4.19. The number of aromatic amines is 1. The number of benzene rings is 1. The molecule has 0 radical (unpaired) electrons. The first kappa shape index (κ1) is 15.8. The van der Waals surface area contributed by atoms with Gasteiger partial charge in [-0.3, -0.25) is 4.79 Å². The van der Waals surface area contributed by atoms with E-state index >= 15 is 0 Å². The van der Waals surface area contributed by atoms with Gasteiger partial charge in [0, 0.05) is 24.4 Å². The van der Waals surface area contributed by atoms with E-state index in [0.717, 1.165) is 23.8 Å². The van der Waals surface area contributed by atoms with E-state index in [1.165, 1.54) is 12.1 Å². The van der Waals surface area contributed by atoms with Crippen LogP contribution in [0.5, 0.6) is 0 Å². The zero-order chi connectivity index (χ0) is 17.2. The lowest BCUT2D eigenvalue weighted by atomic mass is 9.98. The Hall–Kier alpha value is -2.73. The number of halogens is 1. The van der Waals surface area contributed by atoms with Crippen molar-refractivity contribution in [1.29, 1.82) is 0 Å². The number of nitrogens with zero attached hydrogens (tertiary/aromatic N) is 1. The van der Waals surface area contributed by atoms with Gasteiger partial charge in [0.1, 0.15) is 11.5 Å². The normalized spacial score (nSPS) is 18.4. The topological polar surface area (TPSA) is 67.0 Å². The van der Waals surface area contributed by atoms with E-state index in [9.17, 15) is 9.18 Å². The molecular formula is C19H18FN3O2. The monoisotopic (exact) mass is 339 g/mol. The SMILES string of the molecule is O=C(NC(c1ccc(F)cc1)C1CCCO1)c1c[nH]c2ncccc12. The highest BCUT2D eigenvalue weighted by Crippen LogP contribution is 2.28. The molecule has 1 amide bonds. The van der Waals surface area contributed by atoms with Crippen LogP contribution in [0.15, 0.2) is 48.8 Å². The van der Waals surface area contributed by atoms with Gasteiger partial charge in [0.15, 0.2) is 0 Å². The van der Waals surface area contributed by atoms with E-state index in [0.29, 0.717) is 17.8 Å². The first-order chi connectivity index (χ1) is 12.2. The third-order valence-corrected chi connectivity index (χ3v) is 4.55. The van der Waals surface area contributed by atoms with Gasteiger partial charge in [0.25, 0.3) is 5.91 Å². The highest BCUT2D eigenvalue weighted by atomic mass is 19.1. The summed E-state index contributed by atoms with van der Waals surface area (Å²) in [5.41, 5.74) is 2.04. The average Bonchev–Trinajstić information content (AvgIpc) is 3.30. The van der Waals surface area contributed by atoms with E-state index in [4.69, 9.17) is 4.74 Å². The maximum Gasteiger partial charge on any atom is 0.254 e. The maximum absolute atomic E-state index is 13.3. The summed E-state index contributed by atoms with van der Waals surface area (Å²) < 4.78 is 19.0. The lowest BCUT2D eigenvalue weighted by Crippen LogP contribution is -2.36. The molecule has 2 aromatic heterocycles. The summed E-state index contributed by atoms with van der Waals surface area (Å²) in [5.74, 6) is -0.507. The number of hydrogen-bond donors (Lipinski definition) is 2. The average molecular weight is 339 g/mol. The van der Waals surface area contributed by atoms with Crippen LogP contribution in [0.2, 0.25) is 0 Å². The zero-order valence-corrected chi connectivity index (χ0v) is 13.5. The minimum atomic E-state index is -0.322. The number of nitrogens with one attached hydrogen (secondary N) is 2. The Morgan fingerprint density at radius 3 is 2.92 bits per heavy atom. The number of aromatic nitrogens is 2. The predicted molar refractivity (Wildman–Crippen MR) is 91.7 cm³/mol. The number of pyridine rings is 1. The van der Waals surface area contributed by atoms with Gasteiger partial charge in [-0.25, -0.2) is 9.37 Å². The van der Waals surface area contributed by atoms with Crippen LogP contribution in [0.25, 0.3) is 11.0 Å². The van der Waals surface area contributed by atoms with Crippen LogP contribution in [0, 0.1) is 5.82 Å².